The first kappa shape index (κ1) is 19.5. The van der Waals surface area contributed by atoms with Gasteiger partial charge in [0.1, 0.15) is 17.2 Å². The summed E-state index contributed by atoms with van der Waals surface area (Å²) >= 11 is 0. The van der Waals surface area contributed by atoms with Crippen molar-refractivity contribution >= 4 is 5.91 Å². The van der Waals surface area contributed by atoms with Gasteiger partial charge in [-0.15, -0.1) is 0 Å². The SMILES string of the molecule is CCCN(Cc1cc(-c2ccc(OC)cc2)on1)C(=O)c1ccc(OC)cc1. The fraction of sp³-hybridized carbons (Fsp3) is 0.273. The number of rotatable bonds is 8. The Balaban J connectivity index is 1.74. The van der Waals surface area contributed by atoms with E-state index in [1.807, 2.05) is 37.3 Å². The van der Waals surface area contributed by atoms with E-state index in [-0.39, 0.29) is 5.91 Å². The summed E-state index contributed by atoms with van der Waals surface area (Å²) in [5, 5.41) is 4.14. The highest BCUT2D eigenvalue weighted by Gasteiger charge is 2.18. The van der Waals surface area contributed by atoms with Gasteiger partial charge in [0.25, 0.3) is 5.91 Å². The molecule has 0 saturated carbocycles. The zero-order valence-electron chi connectivity index (χ0n) is 16.3. The molecule has 0 bridgehead atoms. The van der Waals surface area contributed by atoms with Crippen LogP contribution in [0, 0.1) is 0 Å². The van der Waals surface area contributed by atoms with Crippen molar-refractivity contribution in [1.29, 1.82) is 0 Å². The third kappa shape index (κ3) is 4.52. The van der Waals surface area contributed by atoms with Gasteiger partial charge < -0.3 is 18.9 Å². The summed E-state index contributed by atoms with van der Waals surface area (Å²) in [5.74, 6) is 2.12. The number of hydrogen-bond acceptors (Lipinski definition) is 5. The monoisotopic (exact) mass is 380 g/mol. The summed E-state index contributed by atoms with van der Waals surface area (Å²) in [6.07, 6.45) is 0.852. The maximum absolute atomic E-state index is 12.9. The minimum atomic E-state index is -0.0431. The quantitative estimate of drug-likeness (QED) is 0.579. The lowest BCUT2D eigenvalue weighted by Crippen LogP contribution is -2.31. The van der Waals surface area contributed by atoms with Gasteiger partial charge in [-0.1, -0.05) is 12.1 Å². The molecular formula is C22H24N2O4. The van der Waals surface area contributed by atoms with E-state index in [0.717, 1.165) is 23.5 Å². The van der Waals surface area contributed by atoms with Gasteiger partial charge in [0.2, 0.25) is 0 Å². The van der Waals surface area contributed by atoms with Crippen molar-refractivity contribution < 1.29 is 18.8 Å². The molecule has 3 rings (SSSR count). The van der Waals surface area contributed by atoms with Crippen LogP contribution in [0.1, 0.15) is 29.4 Å². The van der Waals surface area contributed by atoms with Crippen molar-refractivity contribution in [2.45, 2.75) is 19.9 Å². The molecule has 0 aliphatic heterocycles. The second-order valence-electron chi connectivity index (χ2n) is 6.37. The molecule has 0 fully saturated rings. The summed E-state index contributed by atoms with van der Waals surface area (Å²) in [5.41, 5.74) is 2.23. The van der Waals surface area contributed by atoms with Crippen molar-refractivity contribution in [3.05, 3.63) is 65.9 Å². The summed E-state index contributed by atoms with van der Waals surface area (Å²) in [4.78, 5) is 14.7. The number of ether oxygens (including phenoxy) is 2. The second kappa shape index (κ2) is 9.08. The molecule has 0 N–H and O–H groups in total. The van der Waals surface area contributed by atoms with Gasteiger partial charge in [-0.2, -0.15) is 0 Å². The Hall–Kier alpha value is -3.28. The van der Waals surface area contributed by atoms with E-state index in [0.29, 0.717) is 30.1 Å². The first-order valence-electron chi connectivity index (χ1n) is 9.18. The van der Waals surface area contributed by atoms with Gasteiger partial charge in [0.05, 0.1) is 20.8 Å². The first-order chi connectivity index (χ1) is 13.6. The van der Waals surface area contributed by atoms with Crippen molar-refractivity contribution in [1.82, 2.24) is 10.1 Å². The van der Waals surface area contributed by atoms with Gasteiger partial charge in [-0.05, 0) is 55.0 Å². The minimum Gasteiger partial charge on any atom is -0.497 e. The average molecular weight is 380 g/mol. The lowest BCUT2D eigenvalue weighted by atomic mass is 10.1. The molecule has 0 spiro atoms. The number of carbonyl (C=O) groups excluding carboxylic acids is 1. The normalized spacial score (nSPS) is 10.5. The predicted molar refractivity (Wildman–Crippen MR) is 107 cm³/mol. The Morgan fingerprint density at radius 2 is 1.61 bits per heavy atom. The largest absolute Gasteiger partial charge is 0.497 e. The Bertz CT molecular complexity index is 901. The maximum atomic E-state index is 12.9. The minimum absolute atomic E-state index is 0.0431. The number of aromatic nitrogens is 1. The van der Waals surface area contributed by atoms with E-state index in [1.54, 1.807) is 43.4 Å². The van der Waals surface area contributed by atoms with E-state index in [4.69, 9.17) is 14.0 Å². The topological polar surface area (TPSA) is 64.8 Å². The number of nitrogens with zero attached hydrogens (tertiary/aromatic N) is 2. The third-order valence-corrected chi connectivity index (χ3v) is 4.40. The molecule has 0 aliphatic carbocycles. The van der Waals surface area contributed by atoms with Crippen LogP contribution in [0.15, 0.2) is 59.1 Å². The Labute approximate surface area is 164 Å². The van der Waals surface area contributed by atoms with Crippen molar-refractivity contribution in [2.75, 3.05) is 20.8 Å². The lowest BCUT2D eigenvalue weighted by Gasteiger charge is -2.21. The molecule has 0 radical (unpaired) electrons. The molecule has 6 nitrogen and oxygen atoms in total. The number of hydrogen-bond donors (Lipinski definition) is 0. The zero-order chi connectivity index (χ0) is 19.9. The Morgan fingerprint density at radius 1 is 1.00 bits per heavy atom. The predicted octanol–water partition coefficient (Wildman–Crippen LogP) is 4.41. The average Bonchev–Trinajstić information content (AvgIpc) is 3.21. The van der Waals surface area contributed by atoms with E-state index in [1.165, 1.54) is 0 Å². The number of methoxy groups -OCH3 is 2. The molecule has 0 atom stereocenters. The van der Waals surface area contributed by atoms with Crippen LogP contribution in [0.2, 0.25) is 0 Å². The van der Waals surface area contributed by atoms with Gasteiger partial charge in [0.15, 0.2) is 5.76 Å². The maximum Gasteiger partial charge on any atom is 0.254 e. The molecular weight excluding hydrogens is 356 g/mol. The van der Waals surface area contributed by atoms with Crippen molar-refractivity contribution in [2.24, 2.45) is 0 Å². The molecule has 0 aliphatic rings. The summed E-state index contributed by atoms with van der Waals surface area (Å²) in [6.45, 7) is 3.06. The van der Waals surface area contributed by atoms with Crippen molar-refractivity contribution in [3.63, 3.8) is 0 Å². The Kier molecular flexibility index (Phi) is 6.32. The fourth-order valence-electron chi connectivity index (χ4n) is 2.91. The highest BCUT2D eigenvalue weighted by atomic mass is 16.5. The van der Waals surface area contributed by atoms with Crippen LogP contribution in [0.25, 0.3) is 11.3 Å². The van der Waals surface area contributed by atoms with E-state index in [9.17, 15) is 4.79 Å². The third-order valence-electron chi connectivity index (χ3n) is 4.40. The zero-order valence-corrected chi connectivity index (χ0v) is 16.3. The van der Waals surface area contributed by atoms with Gasteiger partial charge in [0, 0.05) is 23.7 Å². The molecule has 6 heteroatoms. The number of benzene rings is 2. The first-order valence-corrected chi connectivity index (χ1v) is 9.18. The van der Waals surface area contributed by atoms with Gasteiger partial charge in [-0.25, -0.2) is 0 Å². The standard InChI is InChI=1S/C22H24N2O4/c1-4-13-24(22(25)17-7-11-20(27-3)12-8-17)15-18-14-21(28-23-18)16-5-9-19(26-2)10-6-16/h5-12,14H,4,13,15H2,1-3H3. The molecule has 1 heterocycles. The second-order valence-corrected chi connectivity index (χ2v) is 6.37. The number of carbonyl (C=O) groups is 1. The number of amides is 1. The van der Waals surface area contributed by atoms with Crippen molar-refractivity contribution in [3.8, 4) is 22.8 Å². The van der Waals surface area contributed by atoms with Crippen LogP contribution in [0.4, 0.5) is 0 Å². The van der Waals surface area contributed by atoms with Crippen LogP contribution >= 0.6 is 0 Å². The summed E-state index contributed by atoms with van der Waals surface area (Å²) in [7, 11) is 3.23. The highest BCUT2D eigenvalue weighted by molar-refractivity contribution is 5.94. The van der Waals surface area contributed by atoms with Crippen LogP contribution in [0.3, 0.4) is 0 Å². The molecule has 1 amide bonds. The molecule has 2 aromatic carbocycles. The lowest BCUT2D eigenvalue weighted by molar-refractivity contribution is 0.0739. The smallest absolute Gasteiger partial charge is 0.254 e. The molecule has 0 unspecified atom stereocenters. The molecule has 146 valence electrons. The fourth-order valence-corrected chi connectivity index (χ4v) is 2.91. The van der Waals surface area contributed by atoms with Crippen LogP contribution in [0.5, 0.6) is 11.5 Å². The summed E-state index contributed by atoms with van der Waals surface area (Å²) < 4.78 is 15.8. The van der Waals surface area contributed by atoms with E-state index >= 15 is 0 Å². The van der Waals surface area contributed by atoms with Crippen LogP contribution < -0.4 is 9.47 Å². The molecule has 3 aromatic rings. The molecule has 0 saturated heterocycles. The van der Waals surface area contributed by atoms with E-state index in [2.05, 4.69) is 5.16 Å². The van der Waals surface area contributed by atoms with Crippen LogP contribution in [-0.4, -0.2) is 36.7 Å². The Morgan fingerprint density at radius 3 is 2.18 bits per heavy atom. The summed E-state index contributed by atoms with van der Waals surface area (Å²) in [6, 6.07) is 16.5. The van der Waals surface area contributed by atoms with Gasteiger partial charge >= 0.3 is 0 Å². The van der Waals surface area contributed by atoms with E-state index < -0.39 is 0 Å². The highest BCUT2D eigenvalue weighted by Crippen LogP contribution is 2.24. The van der Waals surface area contributed by atoms with Crippen LogP contribution in [-0.2, 0) is 6.54 Å². The molecule has 1 aromatic heterocycles. The molecule has 28 heavy (non-hydrogen) atoms. The van der Waals surface area contributed by atoms with Gasteiger partial charge in [-0.3, -0.25) is 4.79 Å².